The number of alkyl halides is 1. The molecule has 1 rings (SSSR count). The molecule has 0 bridgehead atoms. The van der Waals surface area contributed by atoms with Gasteiger partial charge in [-0.1, -0.05) is 15.9 Å². The molecule has 1 aromatic rings. The van der Waals surface area contributed by atoms with E-state index in [4.69, 9.17) is 4.74 Å². The van der Waals surface area contributed by atoms with Crippen LogP contribution in [0.4, 0.5) is 0 Å². The van der Waals surface area contributed by atoms with Crippen LogP contribution in [0.2, 0.25) is 0 Å². The maximum atomic E-state index is 11.1. The summed E-state index contributed by atoms with van der Waals surface area (Å²) in [5.74, 6) is 0.310. The molecule has 12 heavy (non-hydrogen) atoms. The largest absolute Gasteiger partial charge is 0.481 e. The van der Waals surface area contributed by atoms with Crippen LogP contribution >= 0.6 is 15.9 Å². The molecule has 1 heterocycles. The third-order valence-electron chi connectivity index (χ3n) is 1.26. The summed E-state index contributed by atoms with van der Waals surface area (Å²) in [5.41, 5.74) is 0.360. The molecule has 0 aromatic carbocycles. The number of ketones is 1. The lowest BCUT2D eigenvalue weighted by molar-refractivity contribution is 0.101. The van der Waals surface area contributed by atoms with Crippen molar-refractivity contribution in [3.63, 3.8) is 0 Å². The number of Topliss-reactive ketones (excluding diaryl/α,β-unsaturated/α-hetero) is 1. The predicted octanol–water partition coefficient (Wildman–Crippen LogP) is 1.06. The van der Waals surface area contributed by atoms with Crippen LogP contribution in [0.1, 0.15) is 10.5 Å². The number of halogens is 1. The maximum absolute atomic E-state index is 11.1. The molecule has 1 aromatic heterocycles. The van der Waals surface area contributed by atoms with Crippen molar-refractivity contribution in [3.05, 3.63) is 18.1 Å². The Balaban J connectivity index is 2.93. The number of carbonyl (C=O) groups excluding carboxylic acids is 1. The second-order valence-corrected chi connectivity index (χ2v) is 2.56. The number of carbonyl (C=O) groups is 1. The average Bonchev–Trinajstić information content (AvgIpc) is 2.17. The van der Waals surface area contributed by atoms with Crippen LogP contribution in [0.5, 0.6) is 5.88 Å². The standard InChI is InChI=1S/C7H7BrN2O2/c1-12-7-2-5(6(11)3-8)9-4-10-7/h2,4H,3H2,1H3. The molecule has 0 aliphatic heterocycles. The highest BCUT2D eigenvalue weighted by atomic mass is 79.9. The van der Waals surface area contributed by atoms with Gasteiger partial charge in [0.05, 0.1) is 12.4 Å². The van der Waals surface area contributed by atoms with E-state index < -0.39 is 0 Å². The van der Waals surface area contributed by atoms with E-state index in [0.29, 0.717) is 11.6 Å². The molecule has 0 saturated heterocycles. The first-order valence-electron chi connectivity index (χ1n) is 3.23. The lowest BCUT2D eigenvalue weighted by Crippen LogP contribution is -2.04. The second kappa shape index (κ2) is 4.15. The summed E-state index contributed by atoms with van der Waals surface area (Å²) in [6, 6.07) is 1.50. The Morgan fingerprint density at radius 3 is 3.00 bits per heavy atom. The van der Waals surface area contributed by atoms with Gasteiger partial charge in [-0.2, -0.15) is 0 Å². The van der Waals surface area contributed by atoms with Gasteiger partial charge < -0.3 is 4.74 Å². The van der Waals surface area contributed by atoms with Crippen molar-refractivity contribution < 1.29 is 9.53 Å². The van der Waals surface area contributed by atoms with Gasteiger partial charge in [0.1, 0.15) is 12.0 Å². The van der Waals surface area contributed by atoms with E-state index in [9.17, 15) is 4.79 Å². The molecule has 0 aliphatic rings. The van der Waals surface area contributed by atoms with Crippen molar-refractivity contribution in [2.75, 3.05) is 12.4 Å². The third kappa shape index (κ3) is 2.01. The zero-order chi connectivity index (χ0) is 8.97. The SMILES string of the molecule is COc1cc(C(=O)CBr)ncn1. The zero-order valence-corrected chi connectivity index (χ0v) is 8.04. The van der Waals surface area contributed by atoms with Gasteiger partial charge in [0, 0.05) is 6.07 Å². The van der Waals surface area contributed by atoms with Crippen molar-refractivity contribution in [2.24, 2.45) is 0 Å². The van der Waals surface area contributed by atoms with E-state index in [1.165, 1.54) is 19.5 Å². The van der Waals surface area contributed by atoms with Crippen molar-refractivity contribution in [1.82, 2.24) is 9.97 Å². The normalized spacial score (nSPS) is 9.50. The van der Waals surface area contributed by atoms with Gasteiger partial charge in [-0.3, -0.25) is 4.79 Å². The summed E-state index contributed by atoms with van der Waals surface area (Å²) in [6.07, 6.45) is 1.30. The molecule has 5 heteroatoms. The minimum atomic E-state index is -0.0873. The molecular weight excluding hydrogens is 224 g/mol. The van der Waals surface area contributed by atoms with Gasteiger partial charge in [0.25, 0.3) is 0 Å². The van der Waals surface area contributed by atoms with Gasteiger partial charge in [-0.05, 0) is 0 Å². The molecule has 0 amide bonds. The number of methoxy groups -OCH3 is 1. The third-order valence-corrected chi connectivity index (χ3v) is 1.77. The van der Waals surface area contributed by atoms with E-state index in [-0.39, 0.29) is 11.1 Å². The molecular formula is C7H7BrN2O2. The smallest absolute Gasteiger partial charge is 0.216 e. The average molecular weight is 231 g/mol. The van der Waals surface area contributed by atoms with Crippen LogP contribution in [-0.2, 0) is 0 Å². The first-order chi connectivity index (χ1) is 5.77. The summed E-state index contributed by atoms with van der Waals surface area (Å²) in [4.78, 5) is 18.7. The Kier molecular flexibility index (Phi) is 3.16. The van der Waals surface area contributed by atoms with Gasteiger partial charge in [0.2, 0.25) is 5.88 Å². The number of aromatic nitrogens is 2. The lowest BCUT2D eigenvalue weighted by Gasteiger charge is -1.98. The van der Waals surface area contributed by atoms with Crippen LogP contribution in [0.25, 0.3) is 0 Å². The Morgan fingerprint density at radius 1 is 1.67 bits per heavy atom. The molecule has 0 unspecified atom stereocenters. The van der Waals surface area contributed by atoms with Crippen LogP contribution in [0.3, 0.4) is 0 Å². The fraction of sp³-hybridized carbons (Fsp3) is 0.286. The molecule has 0 radical (unpaired) electrons. The zero-order valence-electron chi connectivity index (χ0n) is 6.45. The molecule has 64 valence electrons. The highest BCUT2D eigenvalue weighted by molar-refractivity contribution is 9.09. The number of nitrogens with zero attached hydrogens (tertiary/aromatic N) is 2. The first kappa shape index (κ1) is 9.12. The number of hydrogen-bond acceptors (Lipinski definition) is 4. The van der Waals surface area contributed by atoms with Crippen LogP contribution in [0, 0.1) is 0 Å². The molecule has 0 fully saturated rings. The monoisotopic (exact) mass is 230 g/mol. The quantitative estimate of drug-likeness (QED) is 0.576. The summed E-state index contributed by atoms with van der Waals surface area (Å²) in [5, 5.41) is 0.257. The Labute approximate surface area is 78.1 Å². The predicted molar refractivity (Wildman–Crippen MR) is 46.7 cm³/mol. The van der Waals surface area contributed by atoms with E-state index >= 15 is 0 Å². The number of ether oxygens (including phenoxy) is 1. The summed E-state index contributed by atoms with van der Waals surface area (Å²) < 4.78 is 4.83. The maximum Gasteiger partial charge on any atom is 0.216 e. The van der Waals surface area contributed by atoms with E-state index in [0.717, 1.165) is 0 Å². The topological polar surface area (TPSA) is 52.1 Å². The van der Waals surface area contributed by atoms with Crippen molar-refractivity contribution in [2.45, 2.75) is 0 Å². The molecule has 0 saturated carbocycles. The lowest BCUT2D eigenvalue weighted by atomic mass is 10.3. The molecule has 0 spiro atoms. The van der Waals surface area contributed by atoms with Gasteiger partial charge in [0.15, 0.2) is 5.78 Å². The fourth-order valence-corrected chi connectivity index (χ4v) is 0.959. The minimum absolute atomic E-state index is 0.0873. The van der Waals surface area contributed by atoms with E-state index in [1.54, 1.807) is 0 Å². The van der Waals surface area contributed by atoms with Crippen molar-refractivity contribution in [3.8, 4) is 5.88 Å². The minimum Gasteiger partial charge on any atom is -0.481 e. The summed E-state index contributed by atoms with van der Waals surface area (Å²) >= 11 is 3.05. The van der Waals surface area contributed by atoms with E-state index in [2.05, 4.69) is 25.9 Å². The summed E-state index contributed by atoms with van der Waals surface area (Å²) in [6.45, 7) is 0. The fourth-order valence-electron chi connectivity index (χ4n) is 0.672. The van der Waals surface area contributed by atoms with Gasteiger partial charge in [-0.25, -0.2) is 9.97 Å². The van der Waals surface area contributed by atoms with E-state index in [1.807, 2.05) is 0 Å². The van der Waals surface area contributed by atoms with Crippen LogP contribution in [-0.4, -0.2) is 28.2 Å². The van der Waals surface area contributed by atoms with Gasteiger partial charge >= 0.3 is 0 Å². The molecule has 0 aliphatic carbocycles. The highest BCUT2D eigenvalue weighted by Crippen LogP contribution is 2.06. The first-order valence-corrected chi connectivity index (χ1v) is 4.35. The summed E-state index contributed by atoms with van der Waals surface area (Å²) in [7, 11) is 1.49. The molecule has 4 nitrogen and oxygen atoms in total. The number of hydrogen-bond donors (Lipinski definition) is 0. The van der Waals surface area contributed by atoms with Crippen LogP contribution < -0.4 is 4.74 Å². The van der Waals surface area contributed by atoms with Crippen molar-refractivity contribution >= 4 is 21.7 Å². The highest BCUT2D eigenvalue weighted by Gasteiger charge is 2.06. The molecule has 0 N–H and O–H groups in total. The Hall–Kier alpha value is -0.970. The molecule has 0 atom stereocenters. The van der Waals surface area contributed by atoms with Crippen LogP contribution in [0.15, 0.2) is 12.4 Å². The van der Waals surface area contributed by atoms with Crippen molar-refractivity contribution in [1.29, 1.82) is 0 Å². The number of rotatable bonds is 3. The second-order valence-electron chi connectivity index (χ2n) is 2.00. The van der Waals surface area contributed by atoms with Gasteiger partial charge in [-0.15, -0.1) is 0 Å². The Bertz CT molecular complexity index is 290. The Morgan fingerprint density at radius 2 is 2.42 bits per heavy atom.